The first-order valence-electron chi connectivity index (χ1n) is 10.6. The molecular weight excluding hydrogens is 432 g/mol. The van der Waals surface area contributed by atoms with Gasteiger partial charge < -0.3 is 15.4 Å². The van der Waals surface area contributed by atoms with Crippen molar-refractivity contribution in [3.63, 3.8) is 0 Å². The van der Waals surface area contributed by atoms with Crippen molar-refractivity contribution in [2.24, 2.45) is 0 Å². The summed E-state index contributed by atoms with van der Waals surface area (Å²) in [7, 11) is 0. The van der Waals surface area contributed by atoms with E-state index in [1.807, 2.05) is 36.4 Å². The zero-order valence-electron chi connectivity index (χ0n) is 18.2. The maximum absolute atomic E-state index is 13.3. The van der Waals surface area contributed by atoms with E-state index in [2.05, 4.69) is 26.2 Å². The number of tetrazole rings is 1. The molecule has 1 aliphatic heterocycles. The number of hydrogen-bond donors (Lipinski definition) is 2. The SMILES string of the molecule is CC1=C(C(=O)Nc2ccccc2)[C@H](c2ccc(OC(=O)c3ccccc3)cc2)n2nnnc2N1. The van der Waals surface area contributed by atoms with Crippen LogP contribution in [-0.4, -0.2) is 32.1 Å². The number of ether oxygens (including phenoxy) is 1. The second-order valence-corrected chi connectivity index (χ2v) is 7.66. The minimum atomic E-state index is -0.575. The average molecular weight is 452 g/mol. The van der Waals surface area contributed by atoms with Crippen molar-refractivity contribution in [2.45, 2.75) is 13.0 Å². The topological polar surface area (TPSA) is 111 Å². The normalized spacial score (nSPS) is 14.7. The lowest BCUT2D eigenvalue weighted by Crippen LogP contribution is -2.31. The molecule has 2 heterocycles. The molecule has 1 amide bonds. The summed E-state index contributed by atoms with van der Waals surface area (Å²) in [5, 5.41) is 17.9. The molecule has 1 aliphatic rings. The molecule has 2 N–H and O–H groups in total. The van der Waals surface area contributed by atoms with Gasteiger partial charge >= 0.3 is 5.97 Å². The number of allylic oxidation sites excluding steroid dienone is 1. The van der Waals surface area contributed by atoms with E-state index < -0.39 is 12.0 Å². The van der Waals surface area contributed by atoms with Gasteiger partial charge in [0.05, 0.1) is 11.1 Å². The Kier molecular flexibility index (Phi) is 5.57. The predicted molar refractivity (Wildman–Crippen MR) is 125 cm³/mol. The molecule has 0 saturated heterocycles. The number of benzene rings is 3. The number of rotatable bonds is 5. The van der Waals surface area contributed by atoms with Crippen LogP contribution < -0.4 is 15.4 Å². The van der Waals surface area contributed by atoms with Gasteiger partial charge in [0.15, 0.2) is 0 Å². The molecule has 0 fully saturated rings. The minimum Gasteiger partial charge on any atom is -0.423 e. The van der Waals surface area contributed by atoms with E-state index in [0.29, 0.717) is 34.2 Å². The molecule has 0 saturated carbocycles. The summed E-state index contributed by atoms with van der Waals surface area (Å²) in [4.78, 5) is 25.7. The highest BCUT2D eigenvalue weighted by Crippen LogP contribution is 2.35. The number of anilines is 2. The van der Waals surface area contributed by atoms with Gasteiger partial charge in [0, 0.05) is 11.4 Å². The van der Waals surface area contributed by atoms with E-state index in [0.717, 1.165) is 5.56 Å². The third-order valence-corrected chi connectivity index (χ3v) is 5.41. The third kappa shape index (κ3) is 4.14. The molecule has 34 heavy (non-hydrogen) atoms. The van der Waals surface area contributed by atoms with Crippen molar-refractivity contribution in [1.29, 1.82) is 0 Å². The van der Waals surface area contributed by atoms with E-state index in [9.17, 15) is 9.59 Å². The zero-order valence-corrected chi connectivity index (χ0v) is 18.2. The first kappa shape index (κ1) is 21.1. The summed E-state index contributed by atoms with van der Waals surface area (Å²) in [5.74, 6) is 0.0939. The molecule has 9 nitrogen and oxygen atoms in total. The molecule has 0 aliphatic carbocycles. The fourth-order valence-electron chi connectivity index (χ4n) is 3.79. The smallest absolute Gasteiger partial charge is 0.343 e. The van der Waals surface area contributed by atoms with Crippen LogP contribution in [-0.2, 0) is 4.79 Å². The monoisotopic (exact) mass is 452 g/mol. The number of esters is 1. The van der Waals surface area contributed by atoms with Crippen LogP contribution in [0.2, 0.25) is 0 Å². The maximum atomic E-state index is 13.3. The molecule has 0 spiro atoms. The standard InChI is InChI=1S/C25H20N6O3/c1-16-21(23(32)27-19-10-6-3-7-11-19)22(31-25(26-16)28-29-30-31)17-12-14-20(15-13-17)34-24(33)18-8-4-2-5-9-18/h2-15,22H,1H3,(H,27,32)(H,26,28,30)/t22-/m0/s1. The number of hydrogen-bond acceptors (Lipinski definition) is 7. The Morgan fingerprint density at radius 3 is 2.32 bits per heavy atom. The van der Waals surface area contributed by atoms with E-state index in [1.165, 1.54) is 0 Å². The molecular formula is C25H20N6O3. The van der Waals surface area contributed by atoms with Gasteiger partial charge in [-0.3, -0.25) is 4.79 Å². The van der Waals surface area contributed by atoms with Crippen molar-refractivity contribution in [3.05, 3.63) is 107 Å². The number of carbonyl (C=O) groups is 2. The van der Waals surface area contributed by atoms with Crippen molar-refractivity contribution < 1.29 is 14.3 Å². The molecule has 9 heteroatoms. The fraction of sp³-hybridized carbons (Fsp3) is 0.0800. The van der Waals surface area contributed by atoms with Gasteiger partial charge in [-0.15, -0.1) is 0 Å². The molecule has 0 bridgehead atoms. The summed E-state index contributed by atoms with van der Waals surface area (Å²) in [5.41, 5.74) is 3.00. The lowest BCUT2D eigenvalue weighted by Gasteiger charge is -2.28. The fourth-order valence-corrected chi connectivity index (χ4v) is 3.79. The van der Waals surface area contributed by atoms with Crippen LogP contribution in [0.5, 0.6) is 5.75 Å². The molecule has 5 rings (SSSR count). The third-order valence-electron chi connectivity index (χ3n) is 5.41. The first-order valence-corrected chi connectivity index (χ1v) is 10.6. The number of carbonyl (C=O) groups excluding carboxylic acids is 2. The lowest BCUT2D eigenvalue weighted by molar-refractivity contribution is -0.113. The molecule has 0 radical (unpaired) electrons. The second-order valence-electron chi connectivity index (χ2n) is 7.66. The van der Waals surface area contributed by atoms with Crippen LogP contribution in [0, 0.1) is 0 Å². The number of nitrogens with one attached hydrogen (secondary N) is 2. The van der Waals surface area contributed by atoms with Crippen LogP contribution in [0.15, 0.2) is 96.2 Å². The predicted octanol–water partition coefficient (Wildman–Crippen LogP) is 3.82. The van der Waals surface area contributed by atoms with E-state index in [4.69, 9.17) is 4.74 Å². The number of nitrogens with zero attached hydrogens (tertiary/aromatic N) is 4. The number of para-hydroxylation sites is 1. The van der Waals surface area contributed by atoms with Crippen molar-refractivity contribution in [1.82, 2.24) is 20.2 Å². The Labute approximate surface area is 195 Å². The first-order chi connectivity index (χ1) is 16.6. The highest BCUT2D eigenvalue weighted by atomic mass is 16.5. The van der Waals surface area contributed by atoms with Crippen LogP contribution in [0.4, 0.5) is 11.6 Å². The summed E-state index contributed by atoms with van der Waals surface area (Å²) in [6.07, 6.45) is 0. The van der Waals surface area contributed by atoms with Gasteiger partial charge in [-0.05, 0) is 59.3 Å². The number of fused-ring (bicyclic) bond motifs is 1. The molecule has 4 aromatic rings. The number of aromatic nitrogens is 4. The van der Waals surface area contributed by atoms with E-state index >= 15 is 0 Å². The van der Waals surface area contributed by atoms with Gasteiger partial charge in [0.1, 0.15) is 11.8 Å². The molecule has 1 aromatic heterocycles. The summed E-state index contributed by atoms with van der Waals surface area (Å²) >= 11 is 0. The Morgan fingerprint density at radius 2 is 1.62 bits per heavy atom. The van der Waals surface area contributed by atoms with Crippen LogP contribution in [0.25, 0.3) is 0 Å². The maximum Gasteiger partial charge on any atom is 0.343 e. The summed E-state index contributed by atoms with van der Waals surface area (Å²) in [6, 6.07) is 24.4. The summed E-state index contributed by atoms with van der Waals surface area (Å²) in [6.45, 7) is 1.81. The van der Waals surface area contributed by atoms with Crippen molar-refractivity contribution in [3.8, 4) is 5.75 Å². The van der Waals surface area contributed by atoms with E-state index in [-0.39, 0.29) is 5.91 Å². The van der Waals surface area contributed by atoms with Gasteiger partial charge in [-0.25, -0.2) is 4.79 Å². The quantitative estimate of drug-likeness (QED) is 0.350. The molecule has 0 unspecified atom stereocenters. The highest BCUT2D eigenvalue weighted by molar-refractivity contribution is 6.06. The summed E-state index contributed by atoms with van der Waals surface area (Å²) < 4.78 is 7.04. The Balaban J connectivity index is 1.44. The largest absolute Gasteiger partial charge is 0.423 e. The Hall–Kier alpha value is -4.79. The highest BCUT2D eigenvalue weighted by Gasteiger charge is 2.34. The lowest BCUT2D eigenvalue weighted by atomic mass is 9.95. The van der Waals surface area contributed by atoms with Crippen molar-refractivity contribution in [2.75, 3.05) is 10.6 Å². The number of amides is 1. The molecule has 168 valence electrons. The molecule has 1 atom stereocenters. The van der Waals surface area contributed by atoms with Crippen LogP contribution in [0.1, 0.15) is 28.9 Å². The minimum absolute atomic E-state index is 0.276. The van der Waals surface area contributed by atoms with Crippen LogP contribution in [0.3, 0.4) is 0 Å². The van der Waals surface area contributed by atoms with Gasteiger partial charge in [0.25, 0.3) is 5.91 Å². The van der Waals surface area contributed by atoms with Gasteiger partial charge in [0.2, 0.25) is 5.95 Å². The Bertz CT molecular complexity index is 1360. The molecule has 3 aromatic carbocycles. The van der Waals surface area contributed by atoms with E-state index in [1.54, 1.807) is 60.1 Å². The Morgan fingerprint density at radius 1 is 0.941 bits per heavy atom. The van der Waals surface area contributed by atoms with Crippen LogP contribution >= 0.6 is 0 Å². The van der Waals surface area contributed by atoms with Crippen molar-refractivity contribution >= 4 is 23.5 Å². The van der Waals surface area contributed by atoms with Gasteiger partial charge in [-0.1, -0.05) is 53.6 Å². The average Bonchev–Trinajstić information content (AvgIpc) is 3.33. The zero-order chi connectivity index (χ0) is 23.5. The van der Waals surface area contributed by atoms with Gasteiger partial charge in [-0.2, -0.15) is 4.68 Å². The second kappa shape index (κ2) is 8.99.